The lowest BCUT2D eigenvalue weighted by Crippen LogP contribution is -1.88. The minimum Gasteiger partial charge on any atom is -0.0883 e. The van der Waals surface area contributed by atoms with Gasteiger partial charge in [-0.3, -0.25) is 0 Å². The molecule has 0 amide bonds. The molecule has 0 fully saturated rings. The molecule has 0 aromatic heterocycles. The molecular formula is C12H22. The second-order valence-corrected chi connectivity index (χ2v) is 3.40. The molecule has 0 bridgehead atoms. The van der Waals surface area contributed by atoms with Crippen LogP contribution in [0.4, 0.5) is 0 Å². The highest BCUT2D eigenvalue weighted by Crippen LogP contribution is 2.09. The molecule has 0 nitrogen and oxygen atoms in total. The van der Waals surface area contributed by atoms with Gasteiger partial charge in [-0.25, -0.2) is 0 Å². The topological polar surface area (TPSA) is 0 Å². The minimum absolute atomic E-state index is 0.733. The minimum atomic E-state index is 0.733. The van der Waals surface area contributed by atoms with Crippen molar-refractivity contribution in [2.24, 2.45) is 5.92 Å². The van der Waals surface area contributed by atoms with E-state index in [0.29, 0.717) is 0 Å². The summed E-state index contributed by atoms with van der Waals surface area (Å²) in [4.78, 5) is 0. The third kappa shape index (κ3) is 7.84. The van der Waals surface area contributed by atoms with Gasteiger partial charge in [-0.1, -0.05) is 52.2 Å². The Bertz CT molecular complexity index is 103. The number of rotatable bonds is 7. The third-order valence-corrected chi connectivity index (χ3v) is 1.99. The summed E-state index contributed by atoms with van der Waals surface area (Å²) in [5, 5.41) is 0. The Balaban J connectivity index is 3.27. The highest BCUT2D eigenvalue weighted by atomic mass is 14.0. The molecule has 0 heteroatoms. The largest absolute Gasteiger partial charge is 0.0883 e. The highest BCUT2D eigenvalue weighted by Gasteiger charge is 1.94. The van der Waals surface area contributed by atoms with Crippen LogP contribution in [0.5, 0.6) is 0 Å². The number of hydrogen-bond acceptors (Lipinski definition) is 0. The van der Waals surface area contributed by atoms with E-state index < -0.39 is 0 Å². The van der Waals surface area contributed by atoms with Gasteiger partial charge in [0, 0.05) is 0 Å². The molecule has 2 radical (unpaired) electrons. The second kappa shape index (κ2) is 8.83. The molecule has 0 saturated heterocycles. The lowest BCUT2D eigenvalue weighted by atomic mass is 10.0. The molecule has 1 unspecified atom stereocenters. The van der Waals surface area contributed by atoms with Crippen molar-refractivity contribution in [1.82, 2.24) is 0 Å². The molecule has 0 rings (SSSR count). The van der Waals surface area contributed by atoms with Crippen molar-refractivity contribution in [2.75, 3.05) is 0 Å². The fraction of sp³-hybridized carbons (Fsp3) is 0.667. The molecule has 0 spiro atoms. The van der Waals surface area contributed by atoms with Crippen LogP contribution in [0, 0.1) is 19.8 Å². The van der Waals surface area contributed by atoms with Crippen molar-refractivity contribution >= 4 is 0 Å². The molecule has 0 aliphatic carbocycles. The van der Waals surface area contributed by atoms with E-state index in [1.807, 2.05) is 0 Å². The summed E-state index contributed by atoms with van der Waals surface area (Å²) in [7, 11) is 0. The first kappa shape index (κ1) is 11.7. The molecule has 1 atom stereocenters. The van der Waals surface area contributed by atoms with Gasteiger partial charge in [-0.15, -0.1) is 0 Å². The maximum atomic E-state index is 3.84. The Kier molecular flexibility index (Phi) is 8.64. The first-order chi connectivity index (χ1) is 5.81. The summed E-state index contributed by atoms with van der Waals surface area (Å²) < 4.78 is 0. The van der Waals surface area contributed by atoms with Crippen molar-refractivity contribution in [2.45, 2.75) is 45.4 Å². The SMILES string of the molecule is [CH2]CCCC=CC(C)CCC[CH2]. The standard InChI is InChI=1S/C12H22/c1-4-6-8-9-11-12(3)10-7-5-2/h9,11-12H,1-2,4-8,10H2,3H3. The fourth-order valence-electron chi connectivity index (χ4n) is 1.15. The molecule has 0 aliphatic heterocycles. The third-order valence-electron chi connectivity index (χ3n) is 1.99. The highest BCUT2D eigenvalue weighted by molar-refractivity contribution is 4.86. The van der Waals surface area contributed by atoms with Gasteiger partial charge < -0.3 is 0 Å². The number of allylic oxidation sites excluding steroid dienone is 2. The van der Waals surface area contributed by atoms with Crippen LogP contribution in [0.2, 0.25) is 0 Å². The van der Waals surface area contributed by atoms with Crippen molar-refractivity contribution < 1.29 is 0 Å². The van der Waals surface area contributed by atoms with Gasteiger partial charge >= 0.3 is 0 Å². The van der Waals surface area contributed by atoms with Gasteiger partial charge in [-0.2, -0.15) is 0 Å². The summed E-state index contributed by atoms with van der Waals surface area (Å²) in [6.07, 6.45) is 11.7. The van der Waals surface area contributed by atoms with Crippen LogP contribution in [-0.2, 0) is 0 Å². The van der Waals surface area contributed by atoms with Gasteiger partial charge in [0.1, 0.15) is 0 Å². The Morgan fingerprint density at radius 1 is 1.17 bits per heavy atom. The normalized spacial score (nSPS) is 13.9. The molecule has 70 valence electrons. The zero-order valence-corrected chi connectivity index (χ0v) is 8.39. The van der Waals surface area contributed by atoms with E-state index >= 15 is 0 Å². The van der Waals surface area contributed by atoms with Crippen LogP contribution in [0.25, 0.3) is 0 Å². The van der Waals surface area contributed by atoms with E-state index in [2.05, 4.69) is 32.9 Å². The van der Waals surface area contributed by atoms with Crippen molar-refractivity contribution in [1.29, 1.82) is 0 Å². The van der Waals surface area contributed by atoms with Crippen LogP contribution in [0.15, 0.2) is 12.2 Å². The van der Waals surface area contributed by atoms with Crippen LogP contribution in [0.1, 0.15) is 45.4 Å². The van der Waals surface area contributed by atoms with Crippen LogP contribution < -0.4 is 0 Å². The van der Waals surface area contributed by atoms with Crippen molar-refractivity contribution in [3.63, 3.8) is 0 Å². The smallest absolute Gasteiger partial charge is 0.0262 e. The number of unbranched alkanes of at least 4 members (excludes halogenated alkanes) is 3. The Morgan fingerprint density at radius 3 is 2.42 bits per heavy atom. The summed E-state index contributed by atoms with van der Waals surface area (Å²) >= 11 is 0. The summed E-state index contributed by atoms with van der Waals surface area (Å²) in [6, 6.07) is 0. The maximum absolute atomic E-state index is 3.84. The second-order valence-electron chi connectivity index (χ2n) is 3.40. The van der Waals surface area contributed by atoms with Crippen LogP contribution >= 0.6 is 0 Å². The van der Waals surface area contributed by atoms with E-state index in [0.717, 1.165) is 18.8 Å². The summed E-state index contributed by atoms with van der Waals surface area (Å²) in [6.45, 7) is 9.92. The average Bonchev–Trinajstić information content (AvgIpc) is 2.09. The predicted octanol–water partition coefficient (Wildman–Crippen LogP) is 4.19. The van der Waals surface area contributed by atoms with Gasteiger partial charge in [0.2, 0.25) is 0 Å². The zero-order valence-electron chi connectivity index (χ0n) is 8.39. The van der Waals surface area contributed by atoms with E-state index in [-0.39, 0.29) is 0 Å². The van der Waals surface area contributed by atoms with Gasteiger partial charge in [-0.05, 0) is 25.2 Å². The first-order valence-electron chi connectivity index (χ1n) is 5.06. The number of hydrogen-bond donors (Lipinski definition) is 0. The maximum Gasteiger partial charge on any atom is -0.0262 e. The zero-order chi connectivity index (χ0) is 9.23. The molecular weight excluding hydrogens is 144 g/mol. The predicted molar refractivity (Wildman–Crippen MR) is 56.7 cm³/mol. The van der Waals surface area contributed by atoms with Crippen LogP contribution in [-0.4, -0.2) is 0 Å². The van der Waals surface area contributed by atoms with Gasteiger partial charge in [0.15, 0.2) is 0 Å². The molecule has 0 aromatic carbocycles. The fourth-order valence-corrected chi connectivity index (χ4v) is 1.15. The van der Waals surface area contributed by atoms with Gasteiger partial charge in [0.25, 0.3) is 0 Å². The summed E-state index contributed by atoms with van der Waals surface area (Å²) in [5.74, 6) is 0.733. The molecule has 0 heterocycles. The Hall–Kier alpha value is -0.260. The van der Waals surface area contributed by atoms with E-state index in [9.17, 15) is 0 Å². The van der Waals surface area contributed by atoms with Crippen molar-refractivity contribution in [3.8, 4) is 0 Å². The Labute approximate surface area is 78.1 Å². The molecule has 0 aromatic rings. The van der Waals surface area contributed by atoms with Crippen molar-refractivity contribution in [3.05, 3.63) is 26.0 Å². The monoisotopic (exact) mass is 166 g/mol. The van der Waals surface area contributed by atoms with E-state index in [4.69, 9.17) is 0 Å². The quantitative estimate of drug-likeness (QED) is 0.393. The molecule has 0 aliphatic rings. The lowest BCUT2D eigenvalue weighted by molar-refractivity contribution is 0.609. The molecule has 0 saturated carbocycles. The summed E-state index contributed by atoms with van der Waals surface area (Å²) in [5.41, 5.74) is 0. The lowest BCUT2D eigenvalue weighted by Gasteiger charge is -2.03. The van der Waals surface area contributed by atoms with E-state index in [1.165, 1.54) is 25.7 Å². The average molecular weight is 166 g/mol. The van der Waals surface area contributed by atoms with Crippen LogP contribution in [0.3, 0.4) is 0 Å². The first-order valence-corrected chi connectivity index (χ1v) is 5.06. The van der Waals surface area contributed by atoms with Gasteiger partial charge in [0.05, 0.1) is 0 Å². The Morgan fingerprint density at radius 2 is 1.83 bits per heavy atom. The van der Waals surface area contributed by atoms with E-state index in [1.54, 1.807) is 0 Å². The molecule has 12 heavy (non-hydrogen) atoms. The molecule has 0 N–H and O–H groups in total.